The average Bonchev–Trinajstić information content (AvgIpc) is 2.59. The maximum atomic E-state index is 12.7. The van der Waals surface area contributed by atoms with Gasteiger partial charge >= 0.3 is 0 Å². The molecule has 0 unspecified atom stereocenters. The Morgan fingerprint density at radius 2 is 1.78 bits per heavy atom. The number of rotatable bonds is 6. The summed E-state index contributed by atoms with van der Waals surface area (Å²) < 4.78 is 11.5. The molecule has 0 bridgehead atoms. The van der Waals surface area contributed by atoms with E-state index in [1.165, 1.54) is 32.1 Å². The number of carbonyl (C=O) groups is 1. The molecule has 23 heavy (non-hydrogen) atoms. The van der Waals surface area contributed by atoms with Crippen LogP contribution in [0.15, 0.2) is 12.1 Å². The van der Waals surface area contributed by atoms with E-state index in [-0.39, 0.29) is 5.91 Å². The van der Waals surface area contributed by atoms with Crippen LogP contribution in [0.4, 0.5) is 0 Å². The highest BCUT2D eigenvalue weighted by Crippen LogP contribution is 2.32. The quantitative estimate of drug-likeness (QED) is 0.629. The number of hydrogen-bond donors (Lipinski definition) is 0. The van der Waals surface area contributed by atoms with Crippen molar-refractivity contribution in [3.05, 3.63) is 21.3 Å². The molecule has 0 atom stereocenters. The Kier molecular flexibility index (Phi) is 6.99. The summed E-state index contributed by atoms with van der Waals surface area (Å²) in [4.78, 5) is 14.6. The zero-order chi connectivity index (χ0) is 16.8. The lowest BCUT2D eigenvalue weighted by Gasteiger charge is -2.25. The first-order valence-electron chi connectivity index (χ1n) is 8.23. The smallest absolute Gasteiger partial charge is 0.254 e. The molecule has 0 spiro atoms. The molecule has 1 aromatic rings. The van der Waals surface area contributed by atoms with Crippen molar-refractivity contribution in [2.24, 2.45) is 5.92 Å². The first-order chi connectivity index (χ1) is 11.1. The highest BCUT2D eigenvalue weighted by molar-refractivity contribution is 14.1. The Morgan fingerprint density at radius 3 is 2.39 bits per heavy atom. The topological polar surface area (TPSA) is 38.8 Å². The van der Waals surface area contributed by atoms with Crippen LogP contribution in [-0.4, -0.2) is 38.6 Å². The van der Waals surface area contributed by atoms with E-state index in [0.29, 0.717) is 17.1 Å². The number of carbonyl (C=O) groups excluding carboxylic acids is 1. The zero-order valence-corrected chi connectivity index (χ0v) is 16.4. The Labute approximate surface area is 152 Å². The molecule has 128 valence electrons. The molecule has 2 rings (SSSR count). The molecule has 1 aliphatic rings. The van der Waals surface area contributed by atoms with Crippen LogP contribution in [0.5, 0.6) is 11.5 Å². The number of nitrogens with zero attached hydrogens (tertiary/aromatic N) is 1. The monoisotopic (exact) mass is 431 g/mol. The summed E-state index contributed by atoms with van der Waals surface area (Å²) in [5.41, 5.74) is 0.675. The summed E-state index contributed by atoms with van der Waals surface area (Å²) in [5, 5.41) is 0. The van der Waals surface area contributed by atoms with Gasteiger partial charge in [-0.3, -0.25) is 4.79 Å². The van der Waals surface area contributed by atoms with Crippen molar-refractivity contribution in [3.8, 4) is 11.5 Å². The maximum Gasteiger partial charge on any atom is 0.254 e. The molecule has 1 aromatic carbocycles. The lowest BCUT2D eigenvalue weighted by Crippen LogP contribution is -2.30. The van der Waals surface area contributed by atoms with Crippen molar-refractivity contribution >= 4 is 28.5 Å². The summed E-state index contributed by atoms with van der Waals surface area (Å²) in [6.07, 6.45) is 7.79. The zero-order valence-electron chi connectivity index (χ0n) is 14.2. The average molecular weight is 431 g/mol. The van der Waals surface area contributed by atoms with E-state index in [1.54, 1.807) is 20.3 Å². The van der Waals surface area contributed by atoms with Gasteiger partial charge in [0, 0.05) is 17.2 Å². The third-order valence-corrected chi connectivity index (χ3v) is 5.54. The van der Waals surface area contributed by atoms with Gasteiger partial charge in [0.05, 0.1) is 19.8 Å². The van der Waals surface area contributed by atoms with Crippen molar-refractivity contribution in [2.75, 3.05) is 27.8 Å². The Hall–Kier alpha value is -0.980. The van der Waals surface area contributed by atoms with Crippen LogP contribution in [0, 0.1) is 9.49 Å². The highest BCUT2D eigenvalue weighted by atomic mass is 127. The van der Waals surface area contributed by atoms with Crippen molar-refractivity contribution in [1.82, 2.24) is 4.90 Å². The standard InChI is InChI=1S/C18H26INO3/c1-20(10-9-13-7-5-4-6-8-13)18(21)14-11-16(22-2)17(23-3)12-15(14)19/h11-13H,4-10H2,1-3H3. The van der Waals surface area contributed by atoms with E-state index >= 15 is 0 Å². The summed E-state index contributed by atoms with van der Waals surface area (Å²) in [5.74, 6) is 2.07. The number of benzene rings is 1. The second-order valence-electron chi connectivity index (χ2n) is 6.21. The number of hydrogen-bond acceptors (Lipinski definition) is 3. The molecule has 0 aliphatic heterocycles. The van der Waals surface area contributed by atoms with E-state index in [0.717, 1.165) is 22.5 Å². The van der Waals surface area contributed by atoms with Gasteiger partial charge in [0.1, 0.15) is 0 Å². The number of methoxy groups -OCH3 is 2. The number of halogens is 1. The highest BCUT2D eigenvalue weighted by Gasteiger charge is 2.20. The number of amides is 1. The van der Waals surface area contributed by atoms with Gasteiger partial charge in [-0.05, 0) is 47.1 Å². The summed E-state index contributed by atoms with van der Waals surface area (Å²) in [6, 6.07) is 3.63. The fourth-order valence-electron chi connectivity index (χ4n) is 3.18. The summed E-state index contributed by atoms with van der Waals surface area (Å²) in [6.45, 7) is 0.813. The lowest BCUT2D eigenvalue weighted by molar-refractivity contribution is 0.0782. The van der Waals surface area contributed by atoms with Gasteiger partial charge < -0.3 is 14.4 Å². The first kappa shape index (κ1) is 18.4. The second kappa shape index (κ2) is 8.76. The van der Waals surface area contributed by atoms with E-state index in [2.05, 4.69) is 22.6 Å². The Morgan fingerprint density at radius 1 is 1.17 bits per heavy atom. The molecule has 1 aliphatic carbocycles. The SMILES string of the molecule is COc1cc(I)c(C(=O)N(C)CCC2CCCCC2)cc1OC. The minimum Gasteiger partial charge on any atom is -0.493 e. The Balaban J connectivity index is 2.03. The van der Waals surface area contributed by atoms with Gasteiger partial charge in [-0.2, -0.15) is 0 Å². The largest absolute Gasteiger partial charge is 0.493 e. The van der Waals surface area contributed by atoms with Crippen LogP contribution in [0.2, 0.25) is 0 Å². The van der Waals surface area contributed by atoms with E-state index < -0.39 is 0 Å². The van der Waals surface area contributed by atoms with E-state index in [1.807, 2.05) is 18.0 Å². The van der Waals surface area contributed by atoms with Crippen LogP contribution in [-0.2, 0) is 0 Å². The second-order valence-corrected chi connectivity index (χ2v) is 7.37. The van der Waals surface area contributed by atoms with Crippen molar-refractivity contribution in [2.45, 2.75) is 38.5 Å². The maximum absolute atomic E-state index is 12.7. The molecule has 1 amide bonds. The minimum absolute atomic E-state index is 0.0474. The third kappa shape index (κ3) is 4.75. The van der Waals surface area contributed by atoms with Gasteiger partial charge in [0.2, 0.25) is 0 Å². The molecule has 5 heteroatoms. The predicted octanol–water partition coefficient (Wildman–Crippen LogP) is 4.35. The van der Waals surface area contributed by atoms with Crippen molar-refractivity contribution in [1.29, 1.82) is 0 Å². The molecule has 0 saturated heterocycles. The van der Waals surface area contributed by atoms with Gasteiger partial charge in [-0.15, -0.1) is 0 Å². The fraction of sp³-hybridized carbons (Fsp3) is 0.611. The molecule has 0 radical (unpaired) electrons. The molecule has 4 nitrogen and oxygen atoms in total. The van der Waals surface area contributed by atoms with Gasteiger partial charge in [-0.1, -0.05) is 32.1 Å². The summed E-state index contributed by atoms with van der Waals surface area (Å²) in [7, 11) is 5.08. The van der Waals surface area contributed by atoms with E-state index in [4.69, 9.17) is 9.47 Å². The summed E-state index contributed by atoms with van der Waals surface area (Å²) >= 11 is 2.18. The van der Waals surface area contributed by atoms with Crippen molar-refractivity contribution in [3.63, 3.8) is 0 Å². The van der Waals surface area contributed by atoms with Crippen LogP contribution >= 0.6 is 22.6 Å². The van der Waals surface area contributed by atoms with Gasteiger partial charge in [0.15, 0.2) is 11.5 Å². The first-order valence-corrected chi connectivity index (χ1v) is 9.31. The Bertz CT molecular complexity index is 541. The molecule has 1 saturated carbocycles. The molecule has 0 heterocycles. The van der Waals surface area contributed by atoms with Crippen LogP contribution in [0.25, 0.3) is 0 Å². The third-order valence-electron chi connectivity index (χ3n) is 4.65. The normalized spacial score (nSPS) is 15.3. The lowest BCUT2D eigenvalue weighted by atomic mass is 9.87. The van der Waals surface area contributed by atoms with Crippen molar-refractivity contribution < 1.29 is 14.3 Å². The van der Waals surface area contributed by atoms with Crippen LogP contribution < -0.4 is 9.47 Å². The molecular weight excluding hydrogens is 405 g/mol. The van der Waals surface area contributed by atoms with Gasteiger partial charge in [-0.25, -0.2) is 0 Å². The molecule has 0 N–H and O–H groups in total. The molecule has 1 fully saturated rings. The van der Waals surface area contributed by atoms with E-state index in [9.17, 15) is 4.79 Å². The predicted molar refractivity (Wildman–Crippen MR) is 100 cm³/mol. The van der Waals surface area contributed by atoms with Crippen LogP contribution in [0.1, 0.15) is 48.9 Å². The molecular formula is C18H26INO3. The molecule has 0 aromatic heterocycles. The number of ether oxygens (including phenoxy) is 2. The fourth-order valence-corrected chi connectivity index (χ4v) is 3.85. The minimum atomic E-state index is 0.0474. The van der Waals surface area contributed by atoms with Gasteiger partial charge in [0.25, 0.3) is 5.91 Å². The van der Waals surface area contributed by atoms with Crippen LogP contribution in [0.3, 0.4) is 0 Å².